The van der Waals surface area contributed by atoms with Crippen molar-refractivity contribution in [2.75, 3.05) is 72.2 Å². The van der Waals surface area contributed by atoms with Gasteiger partial charge in [-0.2, -0.15) is 0 Å². The van der Waals surface area contributed by atoms with E-state index in [2.05, 4.69) is 5.32 Å². The molecular formula is C43H60N8O9S. The molecule has 7 N–H and O–H groups in total. The summed E-state index contributed by atoms with van der Waals surface area (Å²) < 4.78 is 34.2. The number of amides is 4. The Morgan fingerprint density at radius 3 is 1.90 bits per heavy atom. The number of rotatable bonds is 26. The van der Waals surface area contributed by atoms with Crippen LogP contribution in [-0.2, 0) is 47.0 Å². The standard InChI is InChI=1S/C43H60N8O9S/c1-32(52)26-51(33(2)36-10-4-3-5-11-36)43(56)30-49(23-9-7-20-45)41(54)29-50(27-35-14-17-38-39(24-35)60-31-59-38)42(55)28-48(22-8-6-19-44)40(53)25-47-21-18-34-12-15-37(16-13-34)61(46,57)58/h3-5,10-17,24,33,47H,6-9,18-23,25-31,44-45H2,1-2H3,(H2,46,57,58). The number of fused-ring (bicyclic) bond motifs is 1. The highest BCUT2D eigenvalue weighted by Crippen LogP contribution is 2.33. The fraction of sp³-hybridized carbons (Fsp3) is 0.465. The molecule has 0 aliphatic carbocycles. The molecule has 4 rings (SSSR count). The van der Waals surface area contributed by atoms with Crippen LogP contribution < -0.4 is 31.4 Å². The van der Waals surface area contributed by atoms with Gasteiger partial charge in [0.15, 0.2) is 11.5 Å². The number of primary sulfonamides is 1. The van der Waals surface area contributed by atoms with Crippen molar-refractivity contribution in [3.05, 3.63) is 89.5 Å². The normalized spacial score (nSPS) is 12.4. The highest BCUT2D eigenvalue weighted by molar-refractivity contribution is 7.89. The van der Waals surface area contributed by atoms with Crippen LogP contribution in [0.3, 0.4) is 0 Å². The number of carbonyl (C=O) groups excluding carboxylic acids is 5. The number of benzene rings is 3. The van der Waals surface area contributed by atoms with Crippen LogP contribution in [0.15, 0.2) is 77.7 Å². The fourth-order valence-electron chi connectivity index (χ4n) is 6.73. The molecule has 0 radical (unpaired) electrons. The number of hydrogen-bond donors (Lipinski definition) is 4. The van der Waals surface area contributed by atoms with Crippen LogP contribution in [0.5, 0.6) is 11.5 Å². The van der Waals surface area contributed by atoms with Gasteiger partial charge in [0.1, 0.15) is 12.3 Å². The van der Waals surface area contributed by atoms with Crippen LogP contribution in [0.1, 0.15) is 62.3 Å². The Morgan fingerprint density at radius 1 is 0.705 bits per heavy atom. The first-order chi connectivity index (χ1) is 29.2. The Labute approximate surface area is 358 Å². The quantitative estimate of drug-likeness (QED) is 0.0841. The maximum absolute atomic E-state index is 14.3. The minimum Gasteiger partial charge on any atom is -0.454 e. The number of nitrogens with zero attached hydrogens (tertiary/aromatic N) is 4. The van der Waals surface area contributed by atoms with Crippen molar-refractivity contribution in [1.29, 1.82) is 0 Å². The second-order valence-corrected chi connectivity index (χ2v) is 16.5. The molecule has 0 aromatic heterocycles. The Bertz CT molecular complexity index is 2040. The summed E-state index contributed by atoms with van der Waals surface area (Å²) in [5.74, 6) is -0.918. The Balaban J connectivity index is 1.53. The number of sulfonamides is 1. The second-order valence-electron chi connectivity index (χ2n) is 15.0. The van der Waals surface area contributed by atoms with E-state index in [-0.39, 0.29) is 69.2 Å². The van der Waals surface area contributed by atoms with Gasteiger partial charge < -0.3 is 45.9 Å². The van der Waals surface area contributed by atoms with E-state index in [4.69, 9.17) is 26.1 Å². The number of carbonyl (C=O) groups is 5. The first-order valence-corrected chi connectivity index (χ1v) is 22.0. The van der Waals surface area contributed by atoms with Gasteiger partial charge in [-0.05, 0) is 107 Å². The van der Waals surface area contributed by atoms with Crippen LogP contribution in [-0.4, -0.2) is 130 Å². The van der Waals surface area contributed by atoms with E-state index in [1.165, 1.54) is 38.7 Å². The summed E-state index contributed by atoms with van der Waals surface area (Å²) >= 11 is 0. The van der Waals surface area contributed by atoms with Gasteiger partial charge in [0.2, 0.25) is 40.4 Å². The first kappa shape index (κ1) is 48.3. The van der Waals surface area contributed by atoms with Gasteiger partial charge in [-0.3, -0.25) is 24.0 Å². The van der Waals surface area contributed by atoms with Crippen molar-refractivity contribution in [1.82, 2.24) is 24.9 Å². The summed E-state index contributed by atoms with van der Waals surface area (Å²) in [6.45, 7) is 3.58. The molecule has 0 spiro atoms. The van der Waals surface area contributed by atoms with Gasteiger partial charge in [0.25, 0.3) is 0 Å². The van der Waals surface area contributed by atoms with Crippen molar-refractivity contribution in [2.45, 2.75) is 63.4 Å². The molecule has 61 heavy (non-hydrogen) atoms. The minimum atomic E-state index is -3.82. The van der Waals surface area contributed by atoms with E-state index in [0.717, 1.165) is 11.1 Å². The van der Waals surface area contributed by atoms with Gasteiger partial charge >= 0.3 is 0 Å². The summed E-state index contributed by atoms with van der Waals surface area (Å²) in [6.07, 6.45) is 2.76. The highest BCUT2D eigenvalue weighted by atomic mass is 32.2. The van der Waals surface area contributed by atoms with Crippen molar-refractivity contribution in [3.63, 3.8) is 0 Å². The largest absolute Gasteiger partial charge is 0.454 e. The maximum atomic E-state index is 14.3. The third-order valence-electron chi connectivity index (χ3n) is 10.2. The fourth-order valence-corrected chi connectivity index (χ4v) is 7.24. The average molecular weight is 865 g/mol. The molecule has 1 atom stereocenters. The van der Waals surface area contributed by atoms with Crippen LogP contribution >= 0.6 is 0 Å². The zero-order valence-electron chi connectivity index (χ0n) is 35.1. The SMILES string of the molecule is CC(=O)CN(C(=O)CN(CCCCN)C(=O)CN(Cc1ccc2c(c1)OCO2)C(=O)CN(CCCCN)C(=O)CNCCc1ccc(S(N)(=O)=O)cc1)C(C)c1ccccc1. The van der Waals surface area contributed by atoms with Crippen molar-refractivity contribution in [3.8, 4) is 11.5 Å². The summed E-state index contributed by atoms with van der Waals surface area (Å²) in [4.78, 5) is 74.3. The minimum absolute atomic E-state index is 0.00372. The van der Waals surface area contributed by atoms with E-state index in [0.29, 0.717) is 68.8 Å². The van der Waals surface area contributed by atoms with E-state index >= 15 is 0 Å². The molecule has 0 bridgehead atoms. The molecule has 1 unspecified atom stereocenters. The predicted octanol–water partition coefficient (Wildman–Crippen LogP) is 1.54. The molecule has 332 valence electrons. The van der Waals surface area contributed by atoms with E-state index in [1.54, 1.807) is 30.3 Å². The summed E-state index contributed by atoms with van der Waals surface area (Å²) in [7, 11) is -3.82. The third-order valence-corrected chi connectivity index (χ3v) is 11.1. The number of nitrogens with two attached hydrogens (primary N) is 3. The Morgan fingerprint density at radius 2 is 1.28 bits per heavy atom. The maximum Gasteiger partial charge on any atom is 0.243 e. The third kappa shape index (κ3) is 15.5. The van der Waals surface area contributed by atoms with Crippen LogP contribution in [0.4, 0.5) is 0 Å². The number of Topliss-reactive ketones (excluding diaryl/α,β-unsaturated/α-hetero) is 1. The van der Waals surface area contributed by atoms with Gasteiger partial charge in [0, 0.05) is 19.6 Å². The number of unbranched alkanes of at least 4 members (excludes halogenated alkanes) is 2. The van der Waals surface area contributed by atoms with Crippen molar-refractivity contribution in [2.24, 2.45) is 16.6 Å². The molecule has 4 amide bonds. The number of nitrogens with one attached hydrogen (secondary N) is 1. The van der Waals surface area contributed by atoms with Gasteiger partial charge in [0.05, 0.1) is 37.1 Å². The molecule has 17 nitrogen and oxygen atoms in total. The molecule has 0 saturated carbocycles. The average Bonchev–Trinajstić information content (AvgIpc) is 3.71. The lowest BCUT2D eigenvalue weighted by molar-refractivity contribution is -0.147. The molecule has 3 aromatic rings. The van der Waals surface area contributed by atoms with E-state index in [9.17, 15) is 32.4 Å². The Hall–Kier alpha value is -5.40. The highest BCUT2D eigenvalue weighted by Gasteiger charge is 2.29. The lowest BCUT2D eigenvalue weighted by Crippen LogP contribution is -2.51. The van der Waals surface area contributed by atoms with Crippen LogP contribution in [0.25, 0.3) is 0 Å². The topological polar surface area (TPSA) is 241 Å². The predicted molar refractivity (Wildman–Crippen MR) is 229 cm³/mol. The van der Waals surface area contributed by atoms with Gasteiger partial charge in [-0.1, -0.05) is 48.5 Å². The number of ether oxygens (including phenoxy) is 2. The summed E-state index contributed by atoms with van der Waals surface area (Å²) in [5, 5.41) is 8.31. The molecule has 18 heteroatoms. The molecule has 1 heterocycles. The van der Waals surface area contributed by atoms with E-state index < -0.39 is 40.3 Å². The molecule has 0 saturated heterocycles. The van der Waals surface area contributed by atoms with Crippen LogP contribution in [0, 0.1) is 0 Å². The zero-order chi connectivity index (χ0) is 44.4. The molecule has 3 aromatic carbocycles. The number of hydrogen-bond acceptors (Lipinski definition) is 12. The molecule has 0 fully saturated rings. The van der Waals surface area contributed by atoms with E-state index in [1.807, 2.05) is 37.3 Å². The smallest absolute Gasteiger partial charge is 0.243 e. The van der Waals surface area contributed by atoms with Gasteiger partial charge in [-0.15, -0.1) is 0 Å². The van der Waals surface area contributed by atoms with Gasteiger partial charge in [-0.25, -0.2) is 13.6 Å². The molecule has 1 aliphatic heterocycles. The summed E-state index contributed by atoms with van der Waals surface area (Å²) in [6, 6.07) is 20.2. The lowest BCUT2D eigenvalue weighted by Gasteiger charge is -2.33. The summed E-state index contributed by atoms with van der Waals surface area (Å²) in [5.41, 5.74) is 13.9. The molecular weight excluding hydrogens is 805 g/mol. The molecule has 1 aliphatic rings. The zero-order valence-corrected chi connectivity index (χ0v) is 35.9. The first-order valence-electron chi connectivity index (χ1n) is 20.5. The lowest BCUT2D eigenvalue weighted by atomic mass is 10.1. The van der Waals surface area contributed by atoms with Crippen molar-refractivity contribution >= 4 is 39.4 Å². The van der Waals surface area contributed by atoms with Crippen LogP contribution in [0.2, 0.25) is 0 Å². The monoisotopic (exact) mass is 864 g/mol. The van der Waals surface area contributed by atoms with Crippen molar-refractivity contribution < 1.29 is 41.9 Å². The Kier molecular flexibility index (Phi) is 19.1. The number of ketones is 1. The second kappa shape index (κ2) is 24.1.